The molecule has 1 atom stereocenters. The van der Waals surface area contributed by atoms with Crippen LogP contribution in [0.1, 0.15) is 39.0 Å². The molecule has 0 aromatic carbocycles. The lowest BCUT2D eigenvalue weighted by Crippen LogP contribution is -2.44. The summed E-state index contributed by atoms with van der Waals surface area (Å²) in [4.78, 5) is 11.2. The zero-order valence-corrected chi connectivity index (χ0v) is 8.38. The first kappa shape index (κ1) is 10.5. The van der Waals surface area contributed by atoms with Crippen LogP contribution in [0.2, 0.25) is 0 Å². The van der Waals surface area contributed by atoms with E-state index in [2.05, 4.69) is 5.32 Å². The minimum Gasteiger partial charge on any atom is -0.352 e. The van der Waals surface area contributed by atoms with Gasteiger partial charge >= 0.3 is 0 Å². The lowest BCUT2D eigenvalue weighted by Gasteiger charge is -2.22. The summed E-state index contributed by atoms with van der Waals surface area (Å²) < 4.78 is 0. The van der Waals surface area contributed by atoms with Crippen LogP contribution in [0.3, 0.4) is 0 Å². The molecule has 1 aliphatic rings. The Labute approximate surface area is 80.1 Å². The molecule has 3 N–H and O–H groups in total. The van der Waals surface area contributed by atoms with E-state index in [-0.39, 0.29) is 11.9 Å². The monoisotopic (exact) mass is 184 g/mol. The summed E-state index contributed by atoms with van der Waals surface area (Å²) in [5, 5.41) is 2.99. The van der Waals surface area contributed by atoms with Crippen molar-refractivity contribution < 1.29 is 4.79 Å². The molecule has 76 valence electrons. The number of hydrogen-bond donors (Lipinski definition) is 2. The maximum absolute atomic E-state index is 11.2. The van der Waals surface area contributed by atoms with Gasteiger partial charge in [-0.15, -0.1) is 0 Å². The minimum absolute atomic E-state index is 0.127. The van der Waals surface area contributed by atoms with Crippen molar-refractivity contribution in [3.63, 3.8) is 0 Å². The van der Waals surface area contributed by atoms with Gasteiger partial charge in [0.15, 0.2) is 0 Å². The molecule has 0 aromatic heterocycles. The van der Waals surface area contributed by atoms with E-state index in [0.29, 0.717) is 18.9 Å². The molecule has 3 nitrogen and oxygen atoms in total. The normalized spacial score (nSPS) is 20.2. The molecule has 1 amide bonds. The van der Waals surface area contributed by atoms with Crippen molar-refractivity contribution in [1.29, 1.82) is 0 Å². The zero-order valence-electron chi connectivity index (χ0n) is 8.38. The second-order valence-electron chi connectivity index (χ2n) is 3.81. The Bertz CT molecular complexity index is 164. The summed E-state index contributed by atoms with van der Waals surface area (Å²) in [6.45, 7) is 2.45. The van der Waals surface area contributed by atoms with E-state index in [0.717, 1.165) is 0 Å². The molecule has 13 heavy (non-hydrogen) atoms. The molecule has 0 saturated heterocycles. The topological polar surface area (TPSA) is 55.1 Å². The Hall–Kier alpha value is -0.570. The van der Waals surface area contributed by atoms with Gasteiger partial charge < -0.3 is 11.1 Å². The number of hydrogen-bond acceptors (Lipinski definition) is 2. The Kier molecular flexibility index (Phi) is 4.22. The molecule has 1 rings (SSSR count). The summed E-state index contributed by atoms with van der Waals surface area (Å²) >= 11 is 0. The van der Waals surface area contributed by atoms with E-state index in [1.165, 1.54) is 25.7 Å². The Morgan fingerprint density at radius 3 is 2.62 bits per heavy atom. The molecule has 3 heteroatoms. The molecule has 1 unspecified atom stereocenters. The largest absolute Gasteiger partial charge is 0.352 e. The number of nitrogens with one attached hydrogen (secondary N) is 1. The highest BCUT2D eigenvalue weighted by Crippen LogP contribution is 2.27. The van der Waals surface area contributed by atoms with Crippen LogP contribution >= 0.6 is 0 Å². The maximum Gasteiger partial charge on any atom is 0.219 e. The van der Waals surface area contributed by atoms with Gasteiger partial charge in [-0.2, -0.15) is 0 Å². The van der Waals surface area contributed by atoms with Gasteiger partial charge in [0.25, 0.3) is 0 Å². The van der Waals surface area contributed by atoms with Crippen LogP contribution in [0.4, 0.5) is 0 Å². The van der Waals surface area contributed by atoms with E-state index in [9.17, 15) is 4.79 Å². The molecule has 0 aromatic rings. The third-order valence-corrected chi connectivity index (χ3v) is 2.89. The molecule has 0 heterocycles. The fourth-order valence-electron chi connectivity index (χ4n) is 2.04. The SMILES string of the molecule is CCC(=O)NC(CN)C1CCCC1. The second-order valence-corrected chi connectivity index (χ2v) is 3.81. The van der Waals surface area contributed by atoms with Crippen molar-refractivity contribution in [2.45, 2.75) is 45.1 Å². The van der Waals surface area contributed by atoms with Crippen molar-refractivity contribution in [3.8, 4) is 0 Å². The van der Waals surface area contributed by atoms with Crippen molar-refractivity contribution in [2.75, 3.05) is 6.54 Å². The molecular formula is C10H20N2O. The standard InChI is InChI=1S/C10H20N2O/c1-2-10(13)12-9(7-11)8-5-3-4-6-8/h8-9H,2-7,11H2,1H3,(H,12,13). The van der Waals surface area contributed by atoms with Crippen LogP contribution in [0.15, 0.2) is 0 Å². The second kappa shape index (κ2) is 5.22. The average Bonchev–Trinajstić information content (AvgIpc) is 2.66. The molecule has 0 aliphatic heterocycles. The van der Waals surface area contributed by atoms with Crippen molar-refractivity contribution in [3.05, 3.63) is 0 Å². The molecule has 1 fully saturated rings. The van der Waals surface area contributed by atoms with Crippen LogP contribution in [0.5, 0.6) is 0 Å². The van der Waals surface area contributed by atoms with Crippen molar-refractivity contribution >= 4 is 5.91 Å². The third kappa shape index (κ3) is 2.99. The minimum atomic E-state index is 0.127. The van der Waals surface area contributed by atoms with Crippen LogP contribution in [0.25, 0.3) is 0 Å². The van der Waals surface area contributed by atoms with E-state index in [1.807, 2.05) is 6.92 Å². The number of carbonyl (C=O) groups is 1. The Morgan fingerprint density at radius 1 is 1.54 bits per heavy atom. The molecular weight excluding hydrogens is 164 g/mol. The Morgan fingerprint density at radius 2 is 2.15 bits per heavy atom. The quantitative estimate of drug-likeness (QED) is 0.685. The summed E-state index contributed by atoms with van der Waals surface area (Å²) in [7, 11) is 0. The van der Waals surface area contributed by atoms with Crippen LogP contribution < -0.4 is 11.1 Å². The van der Waals surface area contributed by atoms with Crippen LogP contribution in [-0.4, -0.2) is 18.5 Å². The average molecular weight is 184 g/mol. The smallest absolute Gasteiger partial charge is 0.219 e. The first-order chi connectivity index (χ1) is 6.27. The van der Waals surface area contributed by atoms with Gasteiger partial charge in [-0.1, -0.05) is 19.8 Å². The lowest BCUT2D eigenvalue weighted by molar-refractivity contribution is -0.121. The summed E-state index contributed by atoms with van der Waals surface area (Å²) in [6, 6.07) is 0.218. The van der Waals surface area contributed by atoms with E-state index < -0.39 is 0 Å². The maximum atomic E-state index is 11.2. The lowest BCUT2D eigenvalue weighted by atomic mass is 9.98. The van der Waals surface area contributed by atoms with Gasteiger partial charge in [0.2, 0.25) is 5.91 Å². The first-order valence-electron chi connectivity index (χ1n) is 5.27. The highest BCUT2D eigenvalue weighted by Gasteiger charge is 2.24. The van der Waals surface area contributed by atoms with Gasteiger partial charge in [-0.25, -0.2) is 0 Å². The van der Waals surface area contributed by atoms with Gasteiger partial charge in [-0.3, -0.25) is 4.79 Å². The fraction of sp³-hybridized carbons (Fsp3) is 0.900. The van der Waals surface area contributed by atoms with Gasteiger partial charge in [0, 0.05) is 19.0 Å². The zero-order chi connectivity index (χ0) is 9.68. The molecule has 1 aliphatic carbocycles. The molecule has 1 saturated carbocycles. The van der Waals surface area contributed by atoms with Crippen molar-refractivity contribution in [2.24, 2.45) is 11.7 Å². The summed E-state index contributed by atoms with van der Waals surface area (Å²) in [5.41, 5.74) is 5.64. The first-order valence-corrected chi connectivity index (χ1v) is 5.27. The van der Waals surface area contributed by atoms with E-state index >= 15 is 0 Å². The predicted molar refractivity (Wildman–Crippen MR) is 53.2 cm³/mol. The van der Waals surface area contributed by atoms with Gasteiger partial charge in [0.05, 0.1) is 0 Å². The Balaban J connectivity index is 2.37. The fourth-order valence-corrected chi connectivity index (χ4v) is 2.04. The van der Waals surface area contributed by atoms with Gasteiger partial charge in [-0.05, 0) is 18.8 Å². The molecule has 0 radical (unpaired) electrons. The predicted octanol–water partition coefficient (Wildman–Crippen LogP) is 1.03. The number of rotatable bonds is 4. The number of amides is 1. The molecule has 0 spiro atoms. The number of nitrogens with two attached hydrogens (primary N) is 1. The van der Waals surface area contributed by atoms with Gasteiger partial charge in [0.1, 0.15) is 0 Å². The highest BCUT2D eigenvalue weighted by atomic mass is 16.1. The van der Waals surface area contributed by atoms with Crippen molar-refractivity contribution in [1.82, 2.24) is 5.32 Å². The van der Waals surface area contributed by atoms with E-state index in [4.69, 9.17) is 5.73 Å². The van der Waals surface area contributed by atoms with E-state index in [1.54, 1.807) is 0 Å². The highest BCUT2D eigenvalue weighted by molar-refractivity contribution is 5.75. The van der Waals surface area contributed by atoms with Crippen LogP contribution in [0, 0.1) is 5.92 Å². The summed E-state index contributed by atoms with van der Waals surface area (Å²) in [6.07, 6.45) is 5.60. The number of carbonyl (C=O) groups excluding carboxylic acids is 1. The third-order valence-electron chi connectivity index (χ3n) is 2.89. The summed E-state index contributed by atoms with van der Waals surface area (Å²) in [5.74, 6) is 0.753. The molecule has 0 bridgehead atoms. The van der Waals surface area contributed by atoms with Crippen LogP contribution in [-0.2, 0) is 4.79 Å².